The summed E-state index contributed by atoms with van der Waals surface area (Å²) in [6, 6.07) is 11.6. The molecule has 2 aromatic rings. The Morgan fingerprint density at radius 2 is 1.85 bits per heavy atom. The van der Waals surface area contributed by atoms with Gasteiger partial charge in [-0.1, -0.05) is 29.8 Å². The molecule has 2 amide bonds. The summed E-state index contributed by atoms with van der Waals surface area (Å²) in [5.41, 5.74) is 2.15. The minimum Gasteiger partial charge on any atom is -0.457 e. The van der Waals surface area contributed by atoms with Crippen molar-refractivity contribution in [2.75, 3.05) is 0 Å². The zero-order valence-corrected chi connectivity index (χ0v) is 11.5. The molecular weight excluding hydrogens is 274 g/mol. The lowest BCUT2D eigenvalue weighted by atomic mass is 10.1. The molecule has 0 unspecified atom stereocenters. The first-order valence-corrected chi connectivity index (χ1v) is 6.85. The van der Waals surface area contributed by atoms with Gasteiger partial charge in [0.1, 0.15) is 11.5 Å². The topological polar surface area (TPSA) is 59.3 Å². The van der Waals surface area contributed by atoms with Crippen LogP contribution in [0.15, 0.2) is 45.7 Å². The van der Waals surface area contributed by atoms with Crippen molar-refractivity contribution in [3.8, 4) is 11.3 Å². The molecule has 0 atom stereocenters. The molecule has 1 aromatic carbocycles. The summed E-state index contributed by atoms with van der Waals surface area (Å²) in [5.74, 6) is 0.896. The Bertz CT molecular complexity index is 713. The van der Waals surface area contributed by atoms with Crippen molar-refractivity contribution in [3.05, 3.63) is 52.6 Å². The van der Waals surface area contributed by atoms with Crippen LogP contribution in [0, 0.1) is 6.92 Å². The lowest BCUT2D eigenvalue weighted by Crippen LogP contribution is -2.17. The molecule has 1 N–H and O–H groups in total. The van der Waals surface area contributed by atoms with Crippen molar-refractivity contribution >= 4 is 29.0 Å². The summed E-state index contributed by atoms with van der Waals surface area (Å²) in [7, 11) is 0. The lowest BCUT2D eigenvalue weighted by Gasteiger charge is -1.97. The number of hydrogen-bond donors (Lipinski definition) is 1. The number of benzene rings is 1. The monoisotopic (exact) mass is 285 g/mol. The highest BCUT2D eigenvalue weighted by atomic mass is 32.2. The number of carbonyl (C=O) groups is 2. The fourth-order valence-electron chi connectivity index (χ4n) is 1.85. The van der Waals surface area contributed by atoms with Gasteiger partial charge >= 0.3 is 0 Å². The molecule has 0 bridgehead atoms. The Morgan fingerprint density at radius 3 is 2.50 bits per heavy atom. The number of carbonyl (C=O) groups excluding carboxylic acids is 2. The van der Waals surface area contributed by atoms with E-state index in [1.807, 2.05) is 37.3 Å². The Morgan fingerprint density at radius 1 is 1.10 bits per heavy atom. The molecule has 0 spiro atoms. The summed E-state index contributed by atoms with van der Waals surface area (Å²) in [4.78, 5) is 22.9. The average Bonchev–Trinajstić information content (AvgIpc) is 2.98. The fourth-order valence-corrected chi connectivity index (χ4v) is 2.52. The highest BCUT2D eigenvalue weighted by Crippen LogP contribution is 2.28. The van der Waals surface area contributed by atoms with Crippen LogP contribution in [-0.4, -0.2) is 11.1 Å². The quantitative estimate of drug-likeness (QED) is 0.857. The van der Waals surface area contributed by atoms with Gasteiger partial charge in [-0.2, -0.15) is 0 Å². The Hall–Kier alpha value is -2.27. The van der Waals surface area contributed by atoms with E-state index in [0.717, 1.165) is 23.1 Å². The Kier molecular flexibility index (Phi) is 3.20. The first-order chi connectivity index (χ1) is 9.61. The molecule has 0 aliphatic carbocycles. The zero-order valence-electron chi connectivity index (χ0n) is 10.7. The SMILES string of the molecule is Cc1ccc(-c2ccc(C=C3SC(=O)NC3=O)o2)cc1. The van der Waals surface area contributed by atoms with Crippen LogP contribution in [0.25, 0.3) is 17.4 Å². The maximum absolute atomic E-state index is 11.4. The molecule has 5 heteroatoms. The number of nitrogens with one attached hydrogen (secondary N) is 1. The standard InChI is InChI=1S/C15H11NO3S/c1-9-2-4-10(5-3-9)12-7-6-11(19-12)8-13-14(17)16-15(18)20-13/h2-8H,1H3,(H,16,17,18). The van der Waals surface area contributed by atoms with Gasteiger partial charge in [0.05, 0.1) is 4.91 Å². The molecule has 0 saturated carbocycles. The molecule has 3 rings (SSSR count). The molecule has 4 nitrogen and oxygen atoms in total. The molecular formula is C15H11NO3S. The van der Waals surface area contributed by atoms with Crippen molar-refractivity contribution < 1.29 is 14.0 Å². The molecule has 1 aliphatic rings. The largest absolute Gasteiger partial charge is 0.457 e. The molecule has 20 heavy (non-hydrogen) atoms. The van der Waals surface area contributed by atoms with E-state index in [-0.39, 0.29) is 11.1 Å². The van der Waals surface area contributed by atoms with Gasteiger partial charge in [-0.25, -0.2) is 0 Å². The van der Waals surface area contributed by atoms with Crippen LogP contribution >= 0.6 is 11.8 Å². The number of furan rings is 1. The molecule has 100 valence electrons. The third kappa shape index (κ3) is 2.53. The number of rotatable bonds is 2. The van der Waals surface area contributed by atoms with E-state index in [1.165, 1.54) is 5.56 Å². The van der Waals surface area contributed by atoms with Gasteiger partial charge in [0.25, 0.3) is 11.1 Å². The van der Waals surface area contributed by atoms with E-state index in [9.17, 15) is 9.59 Å². The van der Waals surface area contributed by atoms with Crippen molar-refractivity contribution in [2.24, 2.45) is 0 Å². The molecule has 1 saturated heterocycles. The van der Waals surface area contributed by atoms with Crippen LogP contribution in [0.5, 0.6) is 0 Å². The second-order valence-electron chi connectivity index (χ2n) is 4.42. The van der Waals surface area contributed by atoms with Gasteiger partial charge in [0.2, 0.25) is 0 Å². The van der Waals surface area contributed by atoms with Crippen molar-refractivity contribution in [2.45, 2.75) is 6.92 Å². The van der Waals surface area contributed by atoms with Gasteiger partial charge in [-0.3, -0.25) is 14.9 Å². The minimum absolute atomic E-state index is 0.347. The maximum atomic E-state index is 11.4. The minimum atomic E-state index is -0.381. The van der Waals surface area contributed by atoms with Crippen LogP contribution in [0.3, 0.4) is 0 Å². The van der Waals surface area contributed by atoms with E-state index < -0.39 is 0 Å². The van der Waals surface area contributed by atoms with Crippen molar-refractivity contribution in [1.29, 1.82) is 0 Å². The zero-order chi connectivity index (χ0) is 14.1. The second kappa shape index (κ2) is 5.02. The highest BCUT2D eigenvalue weighted by Gasteiger charge is 2.25. The number of imide groups is 1. The summed E-state index contributed by atoms with van der Waals surface area (Å²) in [6.07, 6.45) is 1.57. The fraction of sp³-hybridized carbons (Fsp3) is 0.0667. The Balaban J connectivity index is 1.87. The first-order valence-electron chi connectivity index (χ1n) is 6.03. The van der Waals surface area contributed by atoms with Crippen LogP contribution in [0.4, 0.5) is 4.79 Å². The average molecular weight is 285 g/mol. The third-order valence-corrected chi connectivity index (χ3v) is 3.69. The summed E-state index contributed by atoms with van der Waals surface area (Å²) < 4.78 is 5.67. The van der Waals surface area contributed by atoms with Crippen LogP contribution in [0.1, 0.15) is 11.3 Å². The van der Waals surface area contributed by atoms with Gasteiger partial charge in [-0.05, 0) is 30.8 Å². The van der Waals surface area contributed by atoms with Crippen LogP contribution in [-0.2, 0) is 4.79 Å². The van der Waals surface area contributed by atoms with Crippen molar-refractivity contribution in [1.82, 2.24) is 5.32 Å². The lowest BCUT2D eigenvalue weighted by molar-refractivity contribution is -0.115. The van der Waals surface area contributed by atoms with Crippen molar-refractivity contribution in [3.63, 3.8) is 0 Å². The van der Waals surface area contributed by atoms with Gasteiger partial charge in [-0.15, -0.1) is 0 Å². The maximum Gasteiger partial charge on any atom is 0.290 e. The number of amides is 2. The number of thioether (sulfide) groups is 1. The van der Waals surface area contributed by atoms with E-state index in [4.69, 9.17) is 4.42 Å². The van der Waals surface area contributed by atoms with Gasteiger partial charge in [0, 0.05) is 11.6 Å². The predicted molar refractivity (Wildman–Crippen MR) is 78.0 cm³/mol. The second-order valence-corrected chi connectivity index (χ2v) is 5.44. The molecule has 1 aliphatic heterocycles. The highest BCUT2D eigenvalue weighted by molar-refractivity contribution is 8.18. The first kappa shape index (κ1) is 12.7. The van der Waals surface area contributed by atoms with E-state index in [2.05, 4.69) is 5.32 Å². The van der Waals surface area contributed by atoms with Gasteiger partial charge < -0.3 is 4.42 Å². The van der Waals surface area contributed by atoms with E-state index in [0.29, 0.717) is 10.7 Å². The molecule has 0 radical (unpaired) electrons. The van der Waals surface area contributed by atoms with Crippen LogP contribution in [0.2, 0.25) is 0 Å². The third-order valence-electron chi connectivity index (χ3n) is 2.88. The van der Waals surface area contributed by atoms with Crippen LogP contribution < -0.4 is 5.32 Å². The number of aryl methyl sites for hydroxylation is 1. The normalized spacial score (nSPS) is 16.8. The molecule has 2 heterocycles. The Labute approximate surface area is 119 Å². The smallest absolute Gasteiger partial charge is 0.290 e. The predicted octanol–water partition coefficient (Wildman–Crippen LogP) is 3.58. The summed E-state index contributed by atoms with van der Waals surface area (Å²) in [6.45, 7) is 2.02. The molecule has 1 aromatic heterocycles. The molecule has 1 fully saturated rings. The van der Waals surface area contributed by atoms with E-state index >= 15 is 0 Å². The summed E-state index contributed by atoms with van der Waals surface area (Å²) in [5, 5.41) is 1.85. The summed E-state index contributed by atoms with van der Waals surface area (Å²) >= 11 is 0.877. The van der Waals surface area contributed by atoms with E-state index in [1.54, 1.807) is 12.1 Å². The number of hydrogen-bond acceptors (Lipinski definition) is 4. The van der Waals surface area contributed by atoms with Gasteiger partial charge in [0.15, 0.2) is 0 Å².